The summed E-state index contributed by atoms with van der Waals surface area (Å²) in [7, 11) is 0. The molecule has 2 aliphatic carbocycles. The molecule has 17 heavy (non-hydrogen) atoms. The molecule has 2 saturated carbocycles. The van der Waals surface area contributed by atoms with Crippen molar-refractivity contribution in [1.29, 1.82) is 0 Å². The predicted molar refractivity (Wildman–Crippen MR) is 63.6 cm³/mol. The van der Waals surface area contributed by atoms with Crippen molar-refractivity contribution in [3.05, 3.63) is 0 Å². The van der Waals surface area contributed by atoms with Crippen LogP contribution in [-0.4, -0.2) is 46.3 Å². The molecule has 0 aromatic rings. The van der Waals surface area contributed by atoms with Crippen LogP contribution in [0.1, 0.15) is 19.8 Å². The number of nitrogens with zero attached hydrogens (tertiary/aromatic N) is 2. The molecule has 6 unspecified atom stereocenters. The Hall–Kier alpha value is -0.810. The summed E-state index contributed by atoms with van der Waals surface area (Å²) in [5.41, 5.74) is 5.62. The van der Waals surface area contributed by atoms with Crippen molar-refractivity contribution in [2.75, 3.05) is 13.1 Å². The first kappa shape index (κ1) is 11.3. The topological polar surface area (TPSA) is 82.1 Å². The van der Waals surface area contributed by atoms with Gasteiger partial charge >= 0.3 is 0 Å². The van der Waals surface area contributed by atoms with Crippen LogP contribution in [0.2, 0.25) is 0 Å². The summed E-state index contributed by atoms with van der Waals surface area (Å²) in [6, 6.07) is 0.327. The summed E-state index contributed by atoms with van der Waals surface area (Å²) in [6.07, 6.45) is 2.24. The number of hydrogen-bond acceptors (Lipinski definition) is 4. The molecule has 6 atom stereocenters. The third-order valence-electron chi connectivity index (χ3n) is 5.08. The standard InChI is InChI=1S/C12H21N3O2/c1-6(12(13)14-17)4-15-5-8-2-7-3-9(8)10(15)11(7)16/h6-11,16-17H,2-5H2,1H3,(H2,13,14). The highest BCUT2D eigenvalue weighted by atomic mass is 16.4. The van der Waals surface area contributed by atoms with Gasteiger partial charge in [0.05, 0.1) is 6.10 Å². The van der Waals surface area contributed by atoms with Crippen molar-refractivity contribution in [1.82, 2.24) is 4.90 Å². The number of aliphatic hydroxyl groups is 1. The van der Waals surface area contributed by atoms with Crippen LogP contribution in [0.25, 0.3) is 0 Å². The van der Waals surface area contributed by atoms with Gasteiger partial charge in [0.2, 0.25) is 0 Å². The van der Waals surface area contributed by atoms with Crippen LogP contribution in [0.5, 0.6) is 0 Å². The van der Waals surface area contributed by atoms with E-state index in [-0.39, 0.29) is 17.9 Å². The Bertz CT molecular complexity index is 345. The Morgan fingerprint density at radius 2 is 2.24 bits per heavy atom. The van der Waals surface area contributed by atoms with Crippen LogP contribution in [0.4, 0.5) is 0 Å². The second-order valence-corrected chi connectivity index (χ2v) is 6.02. The molecule has 0 aromatic carbocycles. The predicted octanol–water partition coefficient (Wildman–Crippen LogP) is 0.0700. The fourth-order valence-corrected chi connectivity index (χ4v) is 4.29. The van der Waals surface area contributed by atoms with Gasteiger partial charge in [-0.05, 0) is 30.6 Å². The smallest absolute Gasteiger partial charge is 0.143 e. The van der Waals surface area contributed by atoms with Crippen molar-refractivity contribution >= 4 is 5.84 Å². The number of likely N-dealkylation sites (tertiary alicyclic amines) is 1. The fourth-order valence-electron chi connectivity index (χ4n) is 4.29. The van der Waals surface area contributed by atoms with Crippen LogP contribution in [0, 0.1) is 23.7 Å². The maximum atomic E-state index is 10.2. The molecule has 5 heteroatoms. The first-order valence-corrected chi connectivity index (χ1v) is 6.51. The highest BCUT2D eigenvalue weighted by Gasteiger charge is 2.58. The van der Waals surface area contributed by atoms with Crippen LogP contribution < -0.4 is 5.73 Å². The molecule has 0 amide bonds. The van der Waals surface area contributed by atoms with Crippen molar-refractivity contribution in [2.45, 2.75) is 31.9 Å². The lowest BCUT2D eigenvalue weighted by atomic mass is 9.88. The number of hydrogen-bond donors (Lipinski definition) is 3. The Balaban J connectivity index is 1.70. The van der Waals surface area contributed by atoms with Gasteiger partial charge in [0.15, 0.2) is 0 Å². The lowest BCUT2D eigenvalue weighted by Gasteiger charge is -2.30. The molecular weight excluding hydrogens is 218 g/mol. The van der Waals surface area contributed by atoms with E-state index in [2.05, 4.69) is 10.1 Å². The molecule has 3 rings (SSSR count). The van der Waals surface area contributed by atoms with Gasteiger partial charge < -0.3 is 16.0 Å². The summed E-state index contributed by atoms with van der Waals surface area (Å²) in [5, 5.41) is 22.0. The molecule has 4 N–H and O–H groups in total. The summed E-state index contributed by atoms with van der Waals surface area (Å²) in [4.78, 5) is 2.36. The van der Waals surface area contributed by atoms with Crippen LogP contribution in [0.3, 0.4) is 0 Å². The van der Waals surface area contributed by atoms with Crippen LogP contribution in [0.15, 0.2) is 5.16 Å². The van der Waals surface area contributed by atoms with Crippen molar-refractivity contribution in [3.63, 3.8) is 0 Å². The SMILES string of the molecule is CC(CN1CC2CC3CC2C1C3O)C(N)=NO. The van der Waals surface area contributed by atoms with E-state index < -0.39 is 0 Å². The molecule has 3 aliphatic rings. The fraction of sp³-hybridized carbons (Fsp3) is 0.917. The number of nitrogens with two attached hydrogens (primary N) is 1. The Morgan fingerprint density at radius 1 is 1.47 bits per heavy atom. The summed E-state index contributed by atoms with van der Waals surface area (Å²) < 4.78 is 0. The van der Waals surface area contributed by atoms with Crippen molar-refractivity contribution < 1.29 is 10.3 Å². The molecule has 3 fully saturated rings. The maximum Gasteiger partial charge on any atom is 0.143 e. The molecule has 2 bridgehead atoms. The average Bonchev–Trinajstić information content (AvgIpc) is 2.89. The van der Waals surface area contributed by atoms with Gasteiger partial charge in [-0.25, -0.2) is 0 Å². The third-order valence-corrected chi connectivity index (χ3v) is 5.08. The van der Waals surface area contributed by atoms with Gasteiger partial charge in [0.25, 0.3) is 0 Å². The van der Waals surface area contributed by atoms with Crippen LogP contribution in [-0.2, 0) is 0 Å². The zero-order valence-electron chi connectivity index (χ0n) is 10.2. The minimum atomic E-state index is -0.154. The van der Waals surface area contributed by atoms with Crippen LogP contribution >= 0.6 is 0 Å². The molecule has 1 saturated heterocycles. The molecular formula is C12H21N3O2. The second kappa shape index (κ2) is 3.85. The average molecular weight is 239 g/mol. The largest absolute Gasteiger partial charge is 0.409 e. The normalized spacial score (nSPS) is 46.7. The lowest BCUT2D eigenvalue weighted by Crippen LogP contribution is -2.44. The highest BCUT2D eigenvalue weighted by molar-refractivity contribution is 5.82. The van der Waals surface area contributed by atoms with Gasteiger partial charge in [0.1, 0.15) is 5.84 Å². The Kier molecular flexibility index (Phi) is 2.56. The molecule has 5 nitrogen and oxygen atoms in total. The zero-order chi connectivity index (χ0) is 12.2. The minimum absolute atomic E-state index is 0.0451. The van der Waals surface area contributed by atoms with Gasteiger partial charge in [-0.15, -0.1) is 0 Å². The van der Waals surface area contributed by atoms with E-state index in [9.17, 15) is 5.11 Å². The molecule has 0 radical (unpaired) electrons. The maximum absolute atomic E-state index is 10.2. The molecule has 1 aliphatic heterocycles. The first-order chi connectivity index (χ1) is 8.11. The Labute approximate surface area is 101 Å². The number of rotatable bonds is 3. The lowest BCUT2D eigenvalue weighted by molar-refractivity contribution is 0.0489. The zero-order valence-corrected chi connectivity index (χ0v) is 10.2. The number of aliphatic hydroxyl groups excluding tert-OH is 1. The van der Waals surface area contributed by atoms with Gasteiger partial charge in [0, 0.05) is 25.0 Å². The summed E-state index contributed by atoms with van der Waals surface area (Å²) in [5.74, 6) is 2.32. The Morgan fingerprint density at radius 3 is 2.88 bits per heavy atom. The monoisotopic (exact) mass is 239 g/mol. The van der Waals surface area contributed by atoms with Gasteiger partial charge in [-0.2, -0.15) is 0 Å². The molecule has 1 heterocycles. The summed E-state index contributed by atoms with van der Waals surface area (Å²) in [6.45, 7) is 3.83. The van der Waals surface area contributed by atoms with Crippen molar-refractivity contribution in [3.8, 4) is 0 Å². The highest BCUT2D eigenvalue weighted by Crippen LogP contribution is 2.54. The minimum Gasteiger partial charge on any atom is -0.409 e. The van der Waals surface area contributed by atoms with E-state index in [4.69, 9.17) is 10.9 Å². The van der Waals surface area contributed by atoms with Gasteiger partial charge in [-0.1, -0.05) is 12.1 Å². The molecule has 96 valence electrons. The van der Waals surface area contributed by atoms with E-state index in [0.29, 0.717) is 17.9 Å². The first-order valence-electron chi connectivity index (χ1n) is 6.51. The van der Waals surface area contributed by atoms with Gasteiger partial charge in [-0.3, -0.25) is 4.90 Å². The number of amidine groups is 1. The van der Waals surface area contributed by atoms with E-state index >= 15 is 0 Å². The third kappa shape index (κ3) is 1.56. The number of oxime groups is 1. The van der Waals surface area contributed by atoms with E-state index in [1.165, 1.54) is 12.8 Å². The molecule has 0 spiro atoms. The quantitative estimate of drug-likeness (QED) is 0.282. The summed E-state index contributed by atoms with van der Waals surface area (Å²) >= 11 is 0. The van der Waals surface area contributed by atoms with Crippen molar-refractivity contribution in [2.24, 2.45) is 34.6 Å². The van der Waals surface area contributed by atoms with E-state index in [0.717, 1.165) is 19.0 Å². The molecule has 0 aromatic heterocycles. The van der Waals surface area contributed by atoms with E-state index in [1.807, 2.05) is 6.92 Å². The van der Waals surface area contributed by atoms with E-state index in [1.54, 1.807) is 0 Å². The second-order valence-electron chi connectivity index (χ2n) is 6.02. The number of fused-ring (bicyclic) bond motifs is 1.